The number of para-hydroxylation sites is 1. The summed E-state index contributed by atoms with van der Waals surface area (Å²) in [5.74, 6) is -0.614. The number of nitrogens with zero attached hydrogens (tertiary/aromatic N) is 1. The zero-order valence-corrected chi connectivity index (χ0v) is 10.7. The largest absolute Gasteiger partial charge is 0.494 e. The lowest BCUT2D eigenvalue weighted by Crippen LogP contribution is -2.23. The monoisotopic (exact) mass is 289 g/mol. The van der Waals surface area contributed by atoms with Crippen molar-refractivity contribution in [1.29, 1.82) is 0 Å². The van der Waals surface area contributed by atoms with E-state index in [2.05, 4.69) is 9.97 Å². The minimum absolute atomic E-state index is 0.0451. The van der Waals surface area contributed by atoms with Crippen molar-refractivity contribution in [2.45, 2.75) is 0 Å². The summed E-state index contributed by atoms with van der Waals surface area (Å²) in [5, 5.41) is 10.2. The lowest BCUT2D eigenvalue weighted by molar-refractivity contribution is 0.451. The van der Waals surface area contributed by atoms with E-state index in [0.29, 0.717) is 10.9 Å². The van der Waals surface area contributed by atoms with E-state index in [1.807, 2.05) is 4.98 Å². The molecule has 0 aliphatic rings. The van der Waals surface area contributed by atoms with Crippen LogP contribution < -0.4 is 16.0 Å². The molecule has 0 spiro atoms. The maximum atomic E-state index is 12.0. The molecule has 0 saturated heterocycles. The molecule has 3 N–H and O–H groups in total. The molecule has 2 aromatic heterocycles. The highest BCUT2D eigenvalue weighted by Crippen LogP contribution is 2.24. The van der Waals surface area contributed by atoms with E-state index >= 15 is 0 Å². The van der Waals surface area contributed by atoms with Crippen LogP contribution in [0.4, 0.5) is 0 Å². The number of hydrogen-bond acceptors (Lipinski definition) is 6. The van der Waals surface area contributed by atoms with Crippen molar-refractivity contribution in [3.8, 4) is 16.5 Å². The zero-order valence-electron chi connectivity index (χ0n) is 9.84. The molecule has 1 aromatic carbocycles. The minimum Gasteiger partial charge on any atom is -0.494 e. The summed E-state index contributed by atoms with van der Waals surface area (Å²) < 4.78 is -0.282. The molecule has 2 heterocycles. The fraction of sp³-hybridized carbons (Fsp3) is 0. The number of benzene rings is 1. The number of rotatable bonds is 1. The standard InChI is InChI=1S/C12H7N3O4S/c16-8-7(9(17)15-12(19)14-8)10-13-6-4-2-1-3-5(6)11(18)20-10/h1-4H,(H3,14,15,16,17,19). The number of aromatic amines is 2. The topological polar surface area (TPSA) is 116 Å². The molecule has 0 aliphatic heterocycles. The molecular formula is C12H7N3O4S. The highest BCUT2D eigenvalue weighted by Gasteiger charge is 2.15. The smallest absolute Gasteiger partial charge is 0.328 e. The molecule has 3 aromatic rings. The van der Waals surface area contributed by atoms with Crippen LogP contribution in [0.15, 0.2) is 38.6 Å². The Kier molecular flexibility index (Phi) is 2.72. The van der Waals surface area contributed by atoms with Gasteiger partial charge in [0.05, 0.1) is 10.9 Å². The Labute approximate surface area is 114 Å². The molecular weight excluding hydrogens is 282 g/mol. The average Bonchev–Trinajstić information content (AvgIpc) is 2.37. The highest BCUT2D eigenvalue weighted by molar-refractivity contribution is 7.13. The number of hydrogen-bond donors (Lipinski definition) is 3. The highest BCUT2D eigenvalue weighted by atomic mass is 32.1. The second-order valence-corrected chi connectivity index (χ2v) is 4.92. The van der Waals surface area contributed by atoms with E-state index < -0.39 is 17.1 Å². The minimum atomic E-state index is -0.829. The number of aromatic nitrogens is 3. The van der Waals surface area contributed by atoms with E-state index in [1.54, 1.807) is 24.3 Å². The van der Waals surface area contributed by atoms with Gasteiger partial charge in [-0.3, -0.25) is 19.6 Å². The number of fused-ring (bicyclic) bond motifs is 1. The van der Waals surface area contributed by atoms with Crippen LogP contribution in [0.1, 0.15) is 0 Å². The third-order valence-electron chi connectivity index (χ3n) is 2.67. The van der Waals surface area contributed by atoms with Gasteiger partial charge in [-0.15, -0.1) is 0 Å². The normalized spacial score (nSPS) is 10.8. The van der Waals surface area contributed by atoms with Crippen molar-refractivity contribution in [2.24, 2.45) is 0 Å². The fourth-order valence-corrected chi connectivity index (χ4v) is 2.69. The maximum Gasteiger partial charge on any atom is 0.328 e. The molecule has 0 fully saturated rings. The molecule has 20 heavy (non-hydrogen) atoms. The molecule has 7 nitrogen and oxygen atoms in total. The molecule has 100 valence electrons. The van der Waals surface area contributed by atoms with Gasteiger partial charge >= 0.3 is 5.69 Å². The van der Waals surface area contributed by atoms with Crippen LogP contribution in [0, 0.1) is 0 Å². The third kappa shape index (κ3) is 1.91. The Morgan fingerprint density at radius 1 is 1.10 bits per heavy atom. The Hall–Kier alpha value is -2.74. The molecule has 3 rings (SSSR count). The molecule has 0 bridgehead atoms. The van der Waals surface area contributed by atoms with Gasteiger partial charge in [0.2, 0.25) is 10.6 Å². The first kappa shape index (κ1) is 12.3. The second-order valence-electron chi connectivity index (χ2n) is 3.96. The van der Waals surface area contributed by atoms with E-state index in [9.17, 15) is 19.5 Å². The van der Waals surface area contributed by atoms with Crippen molar-refractivity contribution in [1.82, 2.24) is 15.0 Å². The Bertz CT molecular complexity index is 986. The molecule has 0 unspecified atom stereocenters. The van der Waals surface area contributed by atoms with Crippen molar-refractivity contribution in [3.63, 3.8) is 0 Å². The SMILES string of the molecule is O=c1[nH]c(O)c(-c2nc3ccccc3c(=O)s2)c(=O)[nH]1. The van der Waals surface area contributed by atoms with Gasteiger partial charge in [-0.1, -0.05) is 23.5 Å². The number of nitrogens with one attached hydrogen (secondary N) is 2. The molecule has 0 amide bonds. The molecule has 0 radical (unpaired) electrons. The van der Waals surface area contributed by atoms with Gasteiger partial charge in [0.25, 0.3) is 5.56 Å². The second kappa shape index (κ2) is 4.42. The van der Waals surface area contributed by atoms with Gasteiger partial charge in [-0.05, 0) is 12.1 Å². The predicted octanol–water partition coefficient (Wildman–Crippen LogP) is 0.406. The Balaban J connectivity index is 2.39. The summed E-state index contributed by atoms with van der Waals surface area (Å²) in [6.07, 6.45) is 0. The van der Waals surface area contributed by atoms with Crippen LogP contribution >= 0.6 is 11.3 Å². The number of aromatic hydroxyl groups is 1. The summed E-state index contributed by atoms with van der Waals surface area (Å²) in [5.41, 5.74) is -1.44. The Morgan fingerprint density at radius 3 is 2.60 bits per heavy atom. The van der Waals surface area contributed by atoms with E-state index in [-0.39, 0.29) is 15.3 Å². The van der Waals surface area contributed by atoms with Crippen LogP contribution in [0.5, 0.6) is 5.88 Å². The van der Waals surface area contributed by atoms with E-state index in [1.165, 1.54) is 0 Å². The van der Waals surface area contributed by atoms with Gasteiger partial charge < -0.3 is 5.11 Å². The van der Waals surface area contributed by atoms with Crippen molar-refractivity contribution < 1.29 is 5.11 Å². The molecule has 0 atom stereocenters. The average molecular weight is 289 g/mol. The summed E-state index contributed by atoms with van der Waals surface area (Å²) in [4.78, 5) is 42.9. The first-order valence-electron chi connectivity index (χ1n) is 5.52. The van der Waals surface area contributed by atoms with E-state index in [4.69, 9.17) is 0 Å². The van der Waals surface area contributed by atoms with Crippen molar-refractivity contribution in [2.75, 3.05) is 0 Å². The fourth-order valence-electron chi connectivity index (χ4n) is 1.80. The van der Waals surface area contributed by atoms with Gasteiger partial charge in [0.15, 0.2) is 0 Å². The lowest BCUT2D eigenvalue weighted by atomic mass is 10.2. The predicted molar refractivity (Wildman–Crippen MR) is 74.2 cm³/mol. The molecule has 0 aliphatic carbocycles. The summed E-state index contributed by atoms with van der Waals surface area (Å²) in [6.45, 7) is 0. The maximum absolute atomic E-state index is 12.0. The molecule has 0 saturated carbocycles. The van der Waals surface area contributed by atoms with E-state index in [0.717, 1.165) is 11.3 Å². The van der Waals surface area contributed by atoms with Crippen LogP contribution in [-0.4, -0.2) is 20.1 Å². The summed E-state index contributed by atoms with van der Waals surface area (Å²) in [7, 11) is 0. The van der Waals surface area contributed by atoms with Crippen LogP contribution in [0.3, 0.4) is 0 Å². The van der Waals surface area contributed by atoms with Gasteiger partial charge in [0, 0.05) is 0 Å². The van der Waals surface area contributed by atoms with Crippen LogP contribution in [0.25, 0.3) is 21.5 Å². The zero-order chi connectivity index (χ0) is 14.3. The first-order chi connectivity index (χ1) is 9.56. The summed E-state index contributed by atoms with van der Waals surface area (Å²) in [6, 6.07) is 6.67. The lowest BCUT2D eigenvalue weighted by Gasteiger charge is -2.02. The van der Waals surface area contributed by atoms with Gasteiger partial charge in [-0.2, -0.15) is 0 Å². The van der Waals surface area contributed by atoms with Gasteiger partial charge in [-0.25, -0.2) is 9.78 Å². The van der Waals surface area contributed by atoms with Crippen molar-refractivity contribution >= 4 is 22.2 Å². The first-order valence-corrected chi connectivity index (χ1v) is 6.34. The van der Waals surface area contributed by atoms with Crippen LogP contribution in [-0.2, 0) is 0 Å². The van der Waals surface area contributed by atoms with Crippen molar-refractivity contribution in [3.05, 3.63) is 54.6 Å². The van der Waals surface area contributed by atoms with Crippen LogP contribution in [0.2, 0.25) is 0 Å². The third-order valence-corrected chi connectivity index (χ3v) is 3.57. The van der Waals surface area contributed by atoms with Gasteiger partial charge in [0.1, 0.15) is 10.6 Å². The summed E-state index contributed by atoms with van der Waals surface area (Å²) >= 11 is 0.725. The Morgan fingerprint density at radius 2 is 1.85 bits per heavy atom. The molecule has 8 heteroatoms. The number of H-pyrrole nitrogens is 2. The quantitative estimate of drug-likeness (QED) is 0.600.